The fourth-order valence-electron chi connectivity index (χ4n) is 2.67. The average molecular weight is 316 g/mol. The van der Waals surface area contributed by atoms with E-state index >= 15 is 0 Å². The highest BCUT2D eigenvalue weighted by atomic mass is 79.9. The zero-order valence-corrected chi connectivity index (χ0v) is 12.9. The number of aryl methyl sites for hydroxylation is 1. The van der Waals surface area contributed by atoms with Crippen LogP contribution in [0.25, 0.3) is 0 Å². The summed E-state index contributed by atoms with van der Waals surface area (Å²) in [5, 5.41) is 8.04. The standard InChI is InChI=1S/C12H22BrN5/c1-12(2,18-7-5-4-6-8-18)10(14)9-11(13)15-16-17(9)3/h10H,4-8,14H2,1-3H3. The van der Waals surface area contributed by atoms with Gasteiger partial charge in [-0.3, -0.25) is 4.90 Å². The lowest BCUT2D eigenvalue weighted by Gasteiger charge is -2.44. The van der Waals surface area contributed by atoms with Gasteiger partial charge < -0.3 is 5.73 Å². The number of likely N-dealkylation sites (tertiary alicyclic amines) is 1. The van der Waals surface area contributed by atoms with Crippen LogP contribution in [-0.4, -0.2) is 38.5 Å². The molecule has 1 aliphatic rings. The monoisotopic (exact) mass is 315 g/mol. The summed E-state index contributed by atoms with van der Waals surface area (Å²) >= 11 is 3.44. The van der Waals surface area contributed by atoms with E-state index in [0.717, 1.165) is 23.4 Å². The molecule has 1 fully saturated rings. The zero-order valence-electron chi connectivity index (χ0n) is 11.4. The summed E-state index contributed by atoms with van der Waals surface area (Å²) in [6.45, 7) is 6.68. The van der Waals surface area contributed by atoms with E-state index in [0.29, 0.717) is 0 Å². The fraction of sp³-hybridized carbons (Fsp3) is 0.833. The molecule has 1 atom stereocenters. The van der Waals surface area contributed by atoms with Crippen LogP contribution in [0.4, 0.5) is 0 Å². The summed E-state index contributed by atoms with van der Waals surface area (Å²) in [7, 11) is 1.89. The molecule has 0 amide bonds. The number of piperidine rings is 1. The third kappa shape index (κ3) is 2.46. The zero-order chi connectivity index (χ0) is 13.3. The summed E-state index contributed by atoms with van der Waals surface area (Å²) < 4.78 is 2.52. The van der Waals surface area contributed by atoms with Gasteiger partial charge in [-0.05, 0) is 55.7 Å². The van der Waals surface area contributed by atoms with Crippen molar-refractivity contribution in [2.24, 2.45) is 12.8 Å². The van der Waals surface area contributed by atoms with E-state index < -0.39 is 0 Å². The Labute approximate surface area is 117 Å². The molecule has 0 saturated carbocycles. The predicted octanol–water partition coefficient (Wildman–Crippen LogP) is 1.84. The van der Waals surface area contributed by atoms with Gasteiger partial charge in [0.1, 0.15) is 0 Å². The minimum atomic E-state index is -0.107. The third-order valence-electron chi connectivity index (χ3n) is 4.05. The molecular weight excluding hydrogens is 294 g/mol. The van der Waals surface area contributed by atoms with Crippen molar-refractivity contribution >= 4 is 15.9 Å². The Kier molecular flexibility index (Phi) is 4.08. The van der Waals surface area contributed by atoms with Gasteiger partial charge in [0.2, 0.25) is 0 Å². The van der Waals surface area contributed by atoms with Gasteiger partial charge in [0.15, 0.2) is 4.60 Å². The van der Waals surface area contributed by atoms with Gasteiger partial charge in [0.25, 0.3) is 0 Å². The van der Waals surface area contributed by atoms with Crippen LogP contribution in [0.5, 0.6) is 0 Å². The first-order valence-corrected chi connectivity index (χ1v) is 7.29. The van der Waals surface area contributed by atoms with Gasteiger partial charge in [0.05, 0.1) is 11.7 Å². The molecule has 0 spiro atoms. The van der Waals surface area contributed by atoms with Crippen molar-refractivity contribution in [2.75, 3.05) is 13.1 Å². The molecule has 1 saturated heterocycles. The Balaban J connectivity index is 2.23. The fourth-order valence-corrected chi connectivity index (χ4v) is 3.24. The summed E-state index contributed by atoms with van der Waals surface area (Å²) in [5.41, 5.74) is 7.36. The molecule has 2 rings (SSSR count). The van der Waals surface area contributed by atoms with Crippen LogP contribution in [0.2, 0.25) is 0 Å². The molecular formula is C12H22BrN5. The highest BCUT2D eigenvalue weighted by Gasteiger charge is 2.37. The Hall–Kier alpha value is -0.460. The molecule has 1 unspecified atom stereocenters. The highest BCUT2D eigenvalue weighted by Crippen LogP contribution is 2.33. The molecule has 18 heavy (non-hydrogen) atoms. The van der Waals surface area contributed by atoms with Gasteiger partial charge in [-0.25, -0.2) is 4.68 Å². The normalized spacial score (nSPS) is 20.1. The first kappa shape index (κ1) is 14.0. The Morgan fingerprint density at radius 2 is 1.89 bits per heavy atom. The molecule has 1 aliphatic heterocycles. The van der Waals surface area contributed by atoms with Crippen molar-refractivity contribution < 1.29 is 0 Å². The summed E-state index contributed by atoms with van der Waals surface area (Å²) in [6, 6.07) is -0.107. The quantitative estimate of drug-likeness (QED) is 0.924. The second-order valence-corrected chi connectivity index (χ2v) is 6.32. The van der Waals surface area contributed by atoms with Crippen molar-refractivity contribution in [3.63, 3.8) is 0 Å². The maximum absolute atomic E-state index is 6.48. The maximum atomic E-state index is 6.48. The first-order chi connectivity index (χ1) is 8.44. The van der Waals surface area contributed by atoms with Crippen LogP contribution in [0.3, 0.4) is 0 Å². The van der Waals surface area contributed by atoms with Gasteiger partial charge >= 0.3 is 0 Å². The molecule has 5 nitrogen and oxygen atoms in total. The number of nitrogens with zero attached hydrogens (tertiary/aromatic N) is 4. The number of halogens is 1. The molecule has 0 bridgehead atoms. The van der Waals surface area contributed by atoms with Gasteiger partial charge in [-0.15, -0.1) is 5.10 Å². The van der Waals surface area contributed by atoms with Crippen LogP contribution >= 0.6 is 15.9 Å². The van der Waals surface area contributed by atoms with E-state index in [4.69, 9.17) is 5.73 Å². The molecule has 102 valence electrons. The van der Waals surface area contributed by atoms with Gasteiger partial charge in [0, 0.05) is 12.6 Å². The van der Waals surface area contributed by atoms with E-state index in [-0.39, 0.29) is 11.6 Å². The van der Waals surface area contributed by atoms with Crippen LogP contribution < -0.4 is 5.73 Å². The largest absolute Gasteiger partial charge is 0.321 e. The minimum Gasteiger partial charge on any atom is -0.321 e. The van der Waals surface area contributed by atoms with E-state index in [2.05, 4.69) is 45.0 Å². The molecule has 0 radical (unpaired) electrons. The Morgan fingerprint density at radius 3 is 2.39 bits per heavy atom. The minimum absolute atomic E-state index is 0.0849. The van der Waals surface area contributed by atoms with Crippen molar-refractivity contribution in [3.05, 3.63) is 10.3 Å². The van der Waals surface area contributed by atoms with Crippen LogP contribution in [0.1, 0.15) is 44.8 Å². The second-order valence-electron chi connectivity index (χ2n) is 5.57. The number of hydrogen-bond donors (Lipinski definition) is 1. The number of hydrogen-bond acceptors (Lipinski definition) is 4. The number of aromatic nitrogens is 3. The molecule has 0 aromatic carbocycles. The average Bonchev–Trinajstić information content (AvgIpc) is 2.69. The Bertz CT molecular complexity index is 389. The lowest BCUT2D eigenvalue weighted by molar-refractivity contribution is 0.0705. The Morgan fingerprint density at radius 1 is 1.28 bits per heavy atom. The van der Waals surface area contributed by atoms with Gasteiger partial charge in [-0.1, -0.05) is 11.6 Å². The maximum Gasteiger partial charge on any atom is 0.153 e. The van der Waals surface area contributed by atoms with Crippen LogP contribution in [0.15, 0.2) is 4.60 Å². The van der Waals surface area contributed by atoms with Crippen molar-refractivity contribution in [3.8, 4) is 0 Å². The third-order valence-corrected chi connectivity index (χ3v) is 4.62. The summed E-state index contributed by atoms with van der Waals surface area (Å²) in [5.74, 6) is 0. The van der Waals surface area contributed by atoms with Crippen molar-refractivity contribution in [2.45, 2.75) is 44.7 Å². The molecule has 2 N–H and O–H groups in total. The molecule has 2 heterocycles. The summed E-state index contributed by atoms with van der Waals surface area (Å²) in [4.78, 5) is 2.49. The van der Waals surface area contributed by atoms with Crippen LogP contribution in [-0.2, 0) is 7.05 Å². The highest BCUT2D eigenvalue weighted by molar-refractivity contribution is 9.10. The molecule has 6 heteroatoms. The van der Waals surface area contributed by atoms with Crippen LogP contribution in [0, 0.1) is 0 Å². The second kappa shape index (κ2) is 5.27. The number of nitrogens with two attached hydrogens (primary N) is 1. The smallest absolute Gasteiger partial charge is 0.153 e. The topological polar surface area (TPSA) is 60.0 Å². The van der Waals surface area contributed by atoms with Crippen molar-refractivity contribution in [1.29, 1.82) is 0 Å². The first-order valence-electron chi connectivity index (χ1n) is 6.50. The lowest BCUT2D eigenvalue weighted by atomic mass is 9.89. The van der Waals surface area contributed by atoms with Gasteiger partial charge in [-0.2, -0.15) is 0 Å². The van der Waals surface area contributed by atoms with E-state index in [1.165, 1.54) is 19.3 Å². The summed E-state index contributed by atoms with van der Waals surface area (Å²) in [6.07, 6.45) is 3.86. The molecule has 1 aromatic rings. The lowest BCUT2D eigenvalue weighted by Crippen LogP contribution is -2.53. The van der Waals surface area contributed by atoms with E-state index in [9.17, 15) is 0 Å². The molecule has 1 aromatic heterocycles. The molecule has 0 aliphatic carbocycles. The van der Waals surface area contributed by atoms with E-state index in [1.807, 2.05) is 7.05 Å². The number of rotatable bonds is 3. The SMILES string of the molecule is Cn1nnc(Br)c1C(N)C(C)(C)N1CCCCC1. The predicted molar refractivity (Wildman–Crippen MR) is 75.1 cm³/mol. The van der Waals surface area contributed by atoms with E-state index in [1.54, 1.807) is 4.68 Å². The van der Waals surface area contributed by atoms with Crippen molar-refractivity contribution in [1.82, 2.24) is 19.9 Å².